The van der Waals surface area contributed by atoms with Gasteiger partial charge in [0.25, 0.3) is 0 Å². The van der Waals surface area contributed by atoms with Crippen molar-refractivity contribution < 1.29 is 9.90 Å². The van der Waals surface area contributed by atoms with Crippen molar-refractivity contribution >= 4 is 18.3 Å². The predicted octanol–water partition coefficient (Wildman–Crippen LogP) is 0.446. The summed E-state index contributed by atoms with van der Waals surface area (Å²) in [7, 11) is 0. The summed E-state index contributed by atoms with van der Waals surface area (Å²) < 4.78 is 0. The van der Waals surface area contributed by atoms with Gasteiger partial charge in [-0.25, -0.2) is 5.43 Å². The molecule has 1 amide bonds. The second kappa shape index (κ2) is 7.28. The first-order valence-corrected chi connectivity index (χ1v) is 7.46. The number of carbonyl (C=O) groups excluding carboxylic acids is 1. The van der Waals surface area contributed by atoms with E-state index in [0.29, 0.717) is 6.04 Å². The Labute approximate surface area is 136 Å². The van der Waals surface area contributed by atoms with Gasteiger partial charge in [-0.15, -0.1) is 12.4 Å². The van der Waals surface area contributed by atoms with Crippen molar-refractivity contribution in [2.75, 3.05) is 13.1 Å². The minimum Gasteiger partial charge on any atom is -0.508 e. The van der Waals surface area contributed by atoms with Gasteiger partial charge in [0.15, 0.2) is 0 Å². The lowest BCUT2D eigenvalue weighted by Gasteiger charge is -2.28. The maximum absolute atomic E-state index is 12.5. The van der Waals surface area contributed by atoms with Crippen molar-refractivity contribution in [1.29, 1.82) is 0 Å². The molecule has 22 heavy (non-hydrogen) atoms. The molecule has 6 nitrogen and oxygen atoms in total. The van der Waals surface area contributed by atoms with E-state index >= 15 is 0 Å². The van der Waals surface area contributed by atoms with Crippen LogP contribution in [-0.4, -0.2) is 36.2 Å². The third-order valence-electron chi connectivity index (χ3n) is 4.39. The fraction of sp³-hybridized carbons (Fsp3) is 0.533. The molecular weight excluding hydrogens is 304 g/mol. The summed E-state index contributed by atoms with van der Waals surface area (Å²) in [5, 5.41) is 15.9. The highest BCUT2D eigenvalue weighted by atomic mass is 35.5. The number of nitrogens with one attached hydrogen (secondary N) is 4. The first kappa shape index (κ1) is 17.0. The summed E-state index contributed by atoms with van der Waals surface area (Å²) in [5.41, 5.74) is 7.23. The Balaban J connectivity index is 0.00000176. The highest BCUT2D eigenvalue weighted by Gasteiger charge is 2.41. The molecule has 122 valence electrons. The normalized spacial score (nSPS) is 28.3. The molecule has 0 spiro atoms. The fourth-order valence-corrected chi connectivity index (χ4v) is 3.16. The maximum Gasteiger partial charge on any atom is 0.239 e. The molecule has 7 heteroatoms. The van der Waals surface area contributed by atoms with Crippen LogP contribution in [0.2, 0.25) is 0 Å². The van der Waals surface area contributed by atoms with Crippen molar-refractivity contribution in [1.82, 2.24) is 21.5 Å². The molecule has 0 saturated carbocycles. The standard InChI is InChI=1S/C15H22N4O2.ClH/c1-9(10-3-2-4-11(20)7-10)17-15(21)14-12-8-16-6-5-13(12)18-19-14;/h2-4,7,9,12-14,16,18-20H,5-6,8H2,1H3,(H,17,21);1H. The molecule has 5 N–H and O–H groups in total. The first-order valence-electron chi connectivity index (χ1n) is 7.46. The zero-order valence-corrected chi connectivity index (χ0v) is 13.3. The third-order valence-corrected chi connectivity index (χ3v) is 4.39. The van der Waals surface area contributed by atoms with E-state index in [1.165, 1.54) is 0 Å². The third kappa shape index (κ3) is 3.52. The molecule has 2 aliphatic heterocycles. The van der Waals surface area contributed by atoms with E-state index in [4.69, 9.17) is 0 Å². The molecule has 3 rings (SSSR count). The quantitative estimate of drug-likeness (QED) is 0.557. The lowest BCUT2D eigenvalue weighted by atomic mass is 9.89. The maximum atomic E-state index is 12.5. The van der Waals surface area contributed by atoms with Crippen molar-refractivity contribution in [3.8, 4) is 5.75 Å². The van der Waals surface area contributed by atoms with E-state index in [1.807, 2.05) is 13.0 Å². The van der Waals surface area contributed by atoms with Crippen LogP contribution in [-0.2, 0) is 4.79 Å². The van der Waals surface area contributed by atoms with Crippen LogP contribution in [0, 0.1) is 5.92 Å². The van der Waals surface area contributed by atoms with Gasteiger partial charge in [-0.05, 0) is 37.6 Å². The molecule has 0 bridgehead atoms. The monoisotopic (exact) mass is 326 g/mol. The summed E-state index contributed by atoms with van der Waals surface area (Å²) in [6, 6.07) is 6.98. The number of carbonyl (C=O) groups is 1. The number of hydrazine groups is 1. The highest BCUT2D eigenvalue weighted by molar-refractivity contribution is 5.85. The molecule has 2 heterocycles. The van der Waals surface area contributed by atoms with Gasteiger partial charge in [0.1, 0.15) is 11.8 Å². The van der Waals surface area contributed by atoms with Gasteiger partial charge >= 0.3 is 0 Å². The molecule has 2 saturated heterocycles. The van der Waals surface area contributed by atoms with Crippen molar-refractivity contribution in [2.45, 2.75) is 31.5 Å². The summed E-state index contributed by atoms with van der Waals surface area (Å²) in [4.78, 5) is 12.5. The summed E-state index contributed by atoms with van der Waals surface area (Å²) in [5.74, 6) is 0.482. The fourth-order valence-electron chi connectivity index (χ4n) is 3.16. The van der Waals surface area contributed by atoms with E-state index < -0.39 is 0 Å². The smallest absolute Gasteiger partial charge is 0.239 e. The summed E-state index contributed by atoms with van der Waals surface area (Å²) >= 11 is 0. The zero-order valence-electron chi connectivity index (χ0n) is 12.5. The van der Waals surface area contributed by atoms with Crippen LogP contribution in [0.4, 0.5) is 0 Å². The Morgan fingerprint density at radius 2 is 2.23 bits per heavy atom. The van der Waals surface area contributed by atoms with Crippen LogP contribution in [0.25, 0.3) is 0 Å². The average molecular weight is 327 g/mol. The van der Waals surface area contributed by atoms with E-state index in [9.17, 15) is 9.90 Å². The van der Waals surface area contributed by atoms with Crippen LogP contribution in [0.1, 0.15) is 24.9 Å². The Kier molecular flexibility index (Phi) is 5.63. The number of amides is 1. The van der Waals surface area contributed by atoms with Gasteiger partial charge in [-0.2, -0.15) is 0 Å². The van der Waals surface area contributed by atoms with Gasteiger partial charge < -0.3 is 15.7 Å². The predicted molar refractivity (Wildman–Crippen MR) is 86.7 cm³/mol. The number of fused-ring (bicyclic) bond motifs is 1. The second-order valence-electron chi connectivity index (χ2n) is 5.85. The minimum absolute atomic E-state index is 0. The number of piperidine rings is 1. The second-order valence-corrected chi connectivity index (χ2v) is 5.85. The van der Waals surface area contributed by atoms with Gasteiger partial charge in [0.2, 0.25) is 5.91 Å². The Morgan fingerprint density at radius 3 is 3.00 bits per heavy atom. The Hall–Kier alpha value is -1.34. The van der Waals surface area contributed by atoms with E-state index in [1.54, 1.807) is 18.2 Å². The Bertz CT molecular complexity index is 528. The molecule has 2 fully saturated rings. The molecule has 1 aromatic carbocycles. The van der Waals surface area contributed by atoms with Crippen LogP contribution in [0.15, 0.2) is 24.3 Å². The van der Waals surface area contributed by atoms with E-state index in [2.05, 4.69) is 21.5 Å². The number of phenolic OH excluding ortho intramolecular Hbond substituents is 1. The van der Waals surface area contributed by atoms with Crippen molar-refractivity contribution in [2.24, 2.45) is 5.92 Å². The highest BCUT2D eigenvalue weighted by Crippen LogP contribution is 2.22. The molecular formula is C15H23ClN4O2. The van der Waals surface area contributed by atoms with Gasteiger partial charge in [0.05, 0.1) is 6.04 Å². The molecule has 4 atom stereocenters. The van der Waals surface area contributed by atoms with Crippen LogP contribution < -0.4 is 21.5 Å². The topological polar surface area (TPSA) is 85.4 Å². The van der Waals surface area contributed by atoms with Crippen LogP contribution >= 0.6 is 12.4 Å². The van der Waals surface area contributed by atoms with E-state index in [-0.39, 0.29) is 42.1 Å². The number of phenols is 1. The van der Waals surface area contributed by atoms with Gasteiger partial charge in [0, 0.05) is 18.5 Å². The largest absolute Gasteiger partial charge is 0.508 e. The molecule has 0 aromatic heterocycles. The molecule has 0 radical (unpaired) electrons. The molecule has 4 unspecified atom stereocenters. The SMILES string of the molecule is CC(NC(=O)C1NNC2CCNCC21)c1cccc(O)c1.Cl. The van der Waals surface area contributed by atoms with Gasteiger partial charge in [-0.1, -0.05) is 12.1 Å². The Morgan fingerprint density at radius 1 is 1.41 bits per heavy atom. The van der Waals surface area contributed by atoms with Crippen molar-refractivity contribution in [3.63, 3.8) is 0 Å². The minimum atomic E-state index is -0.220. The lowest BCUT2D eigenvalue weighted by Crippen LogP contribution is -2.49. The molecule has 2 aliphatic rings. The summed E-state index contributed by atoms with van der Waals surface area (Å²) in [6.07, 6.45) is 1.03. The number of hydrogen-bond donors (Lipinski definition) is 5. The first-order chi connectivity index (χ1) is 10.1. The average Bonchev–Trinajstić information content (AvgIpc) is 2.91. The number of halogens is 1. The molecule has 1 aromatic rings. The van der Waals surface area contributed by atoms with Gasteiger partial charge in [-0.3, -0.25) is 10.2 Å². The zero-order chi connectivity index (χ0) is 14.8. The molecule has 0 aliphatic carbocycles. The van der Waals surface area contributed by atoms with Crippen molar-refractivity contribution in [3.05, 3.63) is 29.8 Å². The summed E-state index contributed by atoms with van der Waals surface area (Å²) in [6.45, 7) is 3.76. The van der Waals surface area contributed by atoms with Crippen LogP contribution in [0.5, 0.6) is 5.75 Å². The van der Waals surface area contributed by atoms with E-state index in [0.717, 1.165) is 25.1 Å². The number of rotatable bonds is 3. The lowest BCUT2D eigenvalue weighted by molar-refractivity contribution is -0.124. The van der Waals surface area contributed by atoms with Crippen LogP contribution in [0.3, 0.4) is 0 Å². The number of aromatic hydroxyl groups is 1. The number of hydrogen-bond acceptors (Lipinski definition) is 5. The number of benzene rings is 1.